The van der Waals surface area contributed by atoms with Gasteiger partial charge in [-0.05, 0) is 55.0 Å². The van der Waals surface area contributed by atoms with Gasteiger partial charge in [-0.1, -0.05) is 29.8 Å². The highest BCUT2D eigenvalue weighted by atomic mass is 32.1. The van der Waals surface area contributed by atoms with Crippen LogP contribution in [0.25, 0.3) is 6.08 Å². The Hall–Kier alpha value is -2.40. The molecule has 0 saturated carbocycles. The van der Waals surface area contributed by atoms with Crippen molar-refractivity contribution in [1.82, 2.24) is 5.43 Å². The molecule has 0 radical (unpaired) electrons. The van der Waals surface area contributed by atoms with Crippen molar-refractivity contribution in [3.63, 3.8) is 0 Å². The third-order valence-corrected chi connectivity index (χ3v) is 4.10. The Labute approximate surface area is 134 Å². The summed E-state index contributed by atoms with van der Waals surface area (Å²) in [5, 5.41) is 6.04. The van der Waals surface area contributed by atoms with Crippen LogP contribution in [0.5, 0.6) is 0 Å². The highest BCUT2D eigenvalue weighted by Crippen LogP contribution is 2.19. The van der Waals surface area contributed by atoms with E-state index in [9.17, 15) is 4.79 Å². The molecule has 0 aliphatic rings. The summed E-state index contributed by atoms with van der Waals surface area (Å²) >= 11 is 1.55. The van der Waals surface area contributed by atoms with Gasteiger partial charge in [0.05, 0.1) is 4.88 Å². The van der Waals surface area contributed by atoms with Crippen LogP contribution >= 0.6 is 11.3 Å². The number of primary amides is 1. The number of nitrogens with two attached hydrogens (primary N) is 1. The number of benzene rings is 1. The molecule has 2 amide bonds. The van der Waals surface area contributed by atoms with Crippen LogP contribution in [-0.4, -0.2) is 11.7 Å². The molecule has 1 aromatic carbocycles. The monoisotopic (exact) mass is 313 g/mol. The van der Waals surface area contributed by atoms with E-state index in [0.29, 0.717) is 5.71 Å². The molecular formula is C17H19N3OS. The van der Waals surface area contributed by atoms with Gasteiger partial charge in [0, 0.05) is 0 Å². The number of rotatable bonds is 4. The van der Waals surface area contributed by atoms with Crippen molar-refractivity contribution < 1.29 is 4.79 Å². The number of amides is 2. The lowest BCUT2D eigenvalue weighted by Gasteiger charge is -2.07. The molecule has 0 spiro atoms. The van der Waals surface area contributed by atoms with Gasteiger partial charge in [0.25, 0.3) is 0 Å². The molecule has 0 atom stereocenters. The fraction of sp³-hybridized carbons (Fsp3) is 0.176. The third-order valence-electron chi connectivity index (χ3n) is 3.21. The van der Waals surface area contributed by atoms with Crippen LogP contribution in [-0.2, 0) is 0 Å². The minimum absolute atomic E-state index is 0.674. The van der Waals surface area contributed by atoms with E-state index in [1.807, 2.05) is 29.7 Å². The molecular weight excluding hydrogens is 294 g/mol. The SMILES string of the molecule is Cc1cc(C)c(/C=C/C(=N/NC(N)=O)c2cccs2)c(C)c1. The first-order valence-corrected chi connectivity index (χ1v) is 7.78. The van der Waals surface area contributed by atoms with E-state index in [1.165, 1.54) is 16.7 Å². The van der Waals surface area contributed by atoms with Crippen molar-refractivity contribution in [2.24, 2.45) is 10.8 Å². The molecule has 0 saturated heterocycles. The van der Waals surface area contributed by atoms with Crippen LogP contribution in [0.15, 0.2) is 40.8 Å². The minimum Gasteiger partial charge on any atom is -0.350 e. The van der Waals surface area contributed by atoms with Crippen molar-refractivity contribution in [2.45, 2.75) is 20.8 Å². The lowest BCUT2D eigenvalue weighted by atomic mass is 9.99. The van der Waals surface area contributed by atoms with Gasteiger partial charge in [0.15, 0.2) is 0 Å². The van der Waals surface area contributed by atoms with Crippen LogP contribution in [0.3, 0.4) is 0 Å². The first-order valence-electron chi connectivity index (χ1n) is 6.90. The highest BCUT2D eigenvalue weighted by Gasteiger charge is 2.04. The van der Waals surface area contributed by atoms with E-state index in [0.717, 1.165) is 10.4 Å². The summed E-state index contributed by atoms with van der Waals surface area (Å²) < 4.78 is 0. The number of hydrogen-bond acceptors (Lipinski definition) is 3. The van der Waals surface area contributed by atoms with Crippen LogP contribution in [0.2, 0.25) is 0 Å². The van der Waals surface area contributed by atoms with Crippen molar-refractivity contribution in [3.8, 4) is 0 Å². The zero-order valence-electron chi connectivity index (χ0n) is 12.9. The quantitative estimate of drug-likeness (QED) is 0.655. The second kappa shape index (κ2) is 7.04. The van der Waals surface area contributed by atoms with Crippen LogP contribution in [0.4, 0.5) is 4.79 Å². The van der Waals surface area contributed by atoms with Crippen LogP contribution in [0.1, 0.15) is 27.1 Å². The Morgan fingerprint density at radius 3 is 2.50 bits per heavy atom. The maximum Gasteiger partial charge on any atom is 0.332 e. The summed E-state index contributed by atoms with van der Waals surface area (Å²) in [6.07, 6.45) is 3.91. The molecule has 114 valence electrons. The molecule has 5 heteroatoms. The van der Waals surface area contributed by atoms with Gasteiger partial charge >= 0.3 is 6.03 Å². The van der Waals surface area contributed by atoms with E-state index in [1.54, 1.807) is 11.3 Å². The molecule has 2 aromatic rings. The zero-order chi connectivity index (χ0) is 16.1. The fourth-order valence-electron chi connectivity index (χ4n) is 2.33. The lowest BCUT2D eigenvalue weighted by molar-refractivity contribution is 0.249. The highest BCUT2D eigenvalue weighted by molar-refractivity contribution is 7.12. The van der Waals surface area contributed by atoms with Gasteiger partial charge in [0.2, 0.25) is 0 Å². The largest absolute Gasteiger partial charge is 0.350 e. The van der Waals surface area contributed by atoms with Crippen molar-refractivity contribution in [1.29, 1.82) is 0 Å². The Kier molecular flexibility index (Phi) is 5.12. The smallest absolute Gasteiger partial charge is 0.332 e. The van der Waals surface area contributed by atoms with Gasteiger partial charge in [-0.2, -0.15) is 5.10 Å². The van der Waals surface area contributed by atoms with Gasteiger partial charge in [-0.25, -0.2) is 10.2 Å². The predicted molar refractivity (Wildman–Crippen MR) is 93.3 cm³/mol. The molecule has 0 fully saturated rings. The zero-order valence-corrected chi connectivity index (χ0v) is 13.7. The minimum atomic E-state index is -0.676. The lowest BCUT2D eigenvalue weighted by Crippen LogP contribution is -2.25. The van der Waals surface area contributed by atoms with E-state index in [2.05, 4.69) is 43.4 Å². The fourth-order valence-corrected chi connectivity index (χ4v) is 3.03. The van der Waals surface area contributed by atoms with Crippen LogP contribution < -0.4 is 11.2 Å². The third kappa shape index (κ3) is 4.05. The number of hydrogen-bond donors (Lipinski definition) is 2. The first kappa shape index (κ1) is 16.0. The summed E-state index contributed by atoms with van der Waals surface area (Å²) in [6, 6.07) is 7.51. The number of nitrogens with one attached hydrogen (secondary N) is 1. The number of urea groups is 1. The topological polar surface area (TPSA) is 67.5 Å². The molecule has 1 aromatic heterocycles. The summed E-state index contributed by atoms with van der Waals surface area (Å²) in [4.78, 5) is 11.8. The van der Waals surface area contributed by atoms with Gasteiger partial charge in [-0.3, -0.25) is 0 Å². The molecule has 4 nitrogen and oxygen atoms in total. The average molecular weight is 313 g/mol. The number of hydrazone groups is 1. The molecule has 0 aliphatic heterocycles. The predicted octanol–water partition coefficient (Wildman–Crippen LogP) is 3.76. The number of allylic oxidation sites excluding steroid dienone is 1. The summed E-state index contributed by atoms with van der Waals surface area (Å²) in [6.45, 7) is 6.26. The normalized spacial score (nSPS) is 11.9. The molecule has 2 rings (SSSR count). The second-order valence-corrected chi connectivity index (χ2v) is 6.04. The van der Waals surface area contributed by atoms with Crippen LogP contribution in [0, 0.1) is 20.8 Å². The molecule has 0 unspecified atom stereocenters. The average Bonchev–Trinajstić information content (AvgIpc) is 2.94. The van der Waals surface area contributed by atoms with E-state index in [4.69, 9.17) is 5.73 Å². The van der Waals surface area contributed by atoms with E-state index < -0.39 is 6.03 Å². The first-order chi connectivity index (χ1) is 10.5. The van der Waals surface area contributed by atoms with Crippen molar-refractivity contribution in [3.05, 3.63) is 62.9 Å². The Morgan fingerprint density at radius 2 is 1.95 bits per heavy atom. The van der Waals surface area contributed by atoms with Crippen molar-refractivity contribution in [2.75, 3.05) is 0 Å². The summed E-state index contributed by atoms with van der Waals surface area (Å²) in [5.74, 6) is 0. The van der Waals surface area contributed by atoms with Gasteiger partial charge in [0.1, 0.15) is 5.71 Å². The molecule has 0 aliphatic carbocycles. The number of carbonyl (C=O) groups is 1. The van der Waals surface area contributed by atoms with Crippen molar-refractivity contribution >= 4 is 29.2 Å². The van der Waals surface area contributed by atoms with E-state index >= 15 is 0 Å². The Bertz CT molecular complexity index is 707. The Balaban J connectivity index is 2.35. The maximum atomic E-state index is 10.9. The molecule has 0 bridgehead atoms. The van der Waals surface area contributed by atoms with Gasteiger partial charge in [-0.15, -0.1) is 11.3 Å². The number of thiophene rings is 1. The maximum absolute atomic E-state index is 10.9. The van der Waals surface area contributed by atoms with Gasteiger partial charge < -0.3 is 5.73 Å². The second-order valence-electron chi connectivity index (χ2n) is 5.10. The number of carbonyl (C=O) groups excluding carboxylic acids is 1. The number of nitrogens with zero attached hydrogens (tertiary/aromatic N) is 1. The summed E-state index contributed by atoms with van der Waals surface area (Å²) in [7, 11) is 0. The number of aryl methyl sites for hydroxylation is 3. The molecule has 3 N–H and O–H groups in total. The Morgan fingerprint density at radius 1 is 1.27 bits per heavy atom. The standard InChI is InChI=1S/C17H19N3OS/c1-11-9-12(2)14(13(3)10-11)6-7-15(19-20-17(18)21)16-5-4-8-22-16/h4-10H,1-3H3,(H3,18,20,21)/b7-6+,19-15-. The molecule has 22 heavy (non-hydrogen) atoms. The molecule has 1 heterocycles. The van der Waals surface area contributed by atoms with E-state index in [-0.39, 0.29) is 0 Å². The summed E-state index contributed by atoms with van der Waals surface area (Å²) in [5.41, 5.74) is 12.9.